The van der Waals surface area contributed by atoms with Gasteiger partial charge in [-0.15, -0.1) is 10.2 Å². The first-order chi connectivity index (χ1) is 27.8. The predicted molar refractivity (Wildman–Crippen MR) is 217 cm³/mol. The van der Waals surface area contributed by atoms with Crippen molar-refractivity contribution in [1.29, 1.82) is 0 Å². The molecule has 57 heavy (non-hydrogen) atoms. The molecule has 1 saturated heterocycles. The van der Waals surface area contributed by atoms with Gasteiger partial charge >= 0.3 is 0 Å². The zero-order valence-corrected chi connectivity index (χ0v) is 31.4. The fraction of sp³-hybridized carbons (Fsp3) is 0.256. The molecular formula is C43H44N10O4. The third-order valence-electron chi connectivity index (χ3n) is 10.3. The first kappa shape index (κ1) is 37.3. The number of rotatable bonds is 11. The maximum Gasteiger partial charge on any atom is 0.249 e. The third-order valence-corrected chi connectivity index (χ3v) is 10.3. The fourth-order valence-electron chi connectivity index (χ4n) is 6.92. The number of aliphatic hydroxyl groups is 1. The summed E-state index contributed by atoms with van der Waals surface area (Å²) >= 11 is 0. The van der Waals surface area contributed by atoms with E-state index in [-0.39, 0.29) is 17.8 Å². The summed E-state index contributed by atoms with van der Waals surface area (Å²) in [5, 5.41) is 20.8. The minimum absolute atomic E-state index is 0.0202. The van der Waals surface area contributed by atoms with Gasteiger partial charge < -0.3 is 21.3 Å². The SMILES string of the molecule is NC(=O)c1cccc(OCc2ccc(-c3cccc4nc(NC(=O)C5CC5)nn34)cc2)c1.Nc1nc2cccc(-c3ccc(CN4CCC(CO)CC4)cc3)n2n1. The molecule has 290 valence electrons. The molecule has 9 rings (SSSR count). The zero-order chi connectivity index (χ0) is 39.3. The highest BCUT2D eigenvalue weighted by Gasteiger charge is 2.30. The van der Waals surface area contributed by atoms with Crippen molar-refractivity contribution in [3.05, 3.63) is 126 Å². The normalized spacial score (nSPS) is 14.6. The molecule has 0 spiro atoms. The van der Waals surface area contributed by atoms with Crippen molar-refractivity contribution in [1.82, 2.24) is 34.1 Å². The Bertz CT molecular complexity index is 2500. The highest BCUT2D eigenvalue weighted by molar-refractivity contribution is 5.93. The Kier molecular flexibility index (Phi) is 10.9. The Morgan fingerprint density at radius 2 is 1.37 bits per heavy atom. The summed E-state index contributed by atoms with van der Waals surface area (Å²) in [5.41, 5.74) is 19.0. The van der Waals surface area contributed by atoms with Crippen LogP contribution in [-0.2, 0) is 17.9 Å². The number of benzene rings is 3. The van der Waals surface area contributed by atoms with Crippen molar-refractivity contribution in [2.45, 2.75) is 38.8 Å². The van der Waals surface area contributed by atoms with E-state index in [9.17, 15) is 14.7 Å². The number of nitrogens with two attached hydrogens (primary N) is 2. The monoisotopic (exact) mass is 764 g/mol. The van der Waals surface area contributed by atoms with Gasteiger partial charge in [-0.2, -0.15) is 9.97 Å². The van der Waals surface area contributed by atoms with Crippen LogP contribution in [0.15, 0.2) is 109 Å². The highest BCUT2D eigenvalue weighted by Crippen LogP contribution is 2.30. The minimum atomic E-state index is -0.489. The number of nitrogens with zero attached hydrogens (tertiary/aromatic N) is 7. The summed E-state index contributed by atoms with van der Waals surface area (Å²) in [5.74, 6) is 1.25. The first-order valence-electron chi connectivity index (χ1n) is 19.1. The molecule has 1 aliphatic heterocycles. The van der Waals surface area contributed by atoms with E-state index < -0.39 is 5.91 Å². The van der Waals surface area contributed by atoms with Crippen molar-refractivity contribution in [2.75, 3.05) is 30.7 Å². The molecule has 6 N–H and O–H groups in total. The molecule has 14 nitrogen and oxygen atoms in total. The van der Waals surface area contributed by atoms with Crippen molar-refractivity contribution in [3.63, 3.8) is 0 Å². The number of nitrogen functional groups attached to an aromatic ring is 1. The van der Waals surface area contributed by atoms with Crippen LogP contribution >= 0.6 is 0 Å². The molecule has 2 amide bonds. The highest BCUT2D eigenvalue weighted by atomic mass is 16.5. The van der Waals surface area contributed by atoms with Gasteiger partial charge in [-0.05, 0) is 98.3 Å². The van der Waals surface area contributed by atoms with Gasteiger partial charge in [-0.3, -0.25) is 19.8 Å². The van der Waals surface area contributed by atoms with Gasteiger partial charge in [0.1, 0.15) is 12.4 Å². The molecule has 4 aromatic heterocycles. The number of anilines is 2. The van der Waals surface area contributed by atoms with Crippen LogP contribution in [0.2, 0.25) is 0 Å². The maximum absolute atomic E-state index is 12.0. The maximum atomic E-state index is 12.0. The molecule has 0 radical (unpaired) electrons. The number of aromatic nitrogens is 6. The number of nitrogens with one attached hydrogen (secondary N) is 1. The molecule has 7 aromatic rings. The van der Waals surface area contributed by atoms with Crippen LogP contribution in [-0.4, -0.2) is 70.7 Å². The summed E-state index contributed by atoms with van der Waals surface area (Å²) < 4.78 is 9.30. The summed E-state index contributed by atoms with van der Waals surface area (Å²) in [4.78, 5) is 34.4. The fourth-order valence-corrected chi connectivity index (χ4v) is 6.92. The molecule has 0 unspecified atom stereocenters. The van der Waals surface area contributed by atoms with Crippen molar-refractivity contribution >= 4 is 35.0 Å². The molecule has 0 atom stereocenters. The largest absolute Gasteiger partial charge is 0.489 e. The second kappa shape index (κ2) is 16.6. The Morgan fingerprint density at radius 3 is 2.00 bits per heavy atom. The minimum Gasteiger partial charge on any atom is -0.489 e. The second-order valence-corrected chi connectivity index (χ2v) is 14.5. The Hall–Kier alpha value is -6.64. The van der Waals surface area contributed by atoms with Gasteiger partial charge in [0.25, 0.3) is 0 Å². The summed E-state index contributed by atoms with van der Waals surface area (Å²) in [6, 6.07) is 34.9. The van der Waals surface area contributed by atoms with Gasteiger partial charge in [-0.25, -0.2) is 9.03 Å². The lowest BCUT2D eigenvalue weighted by molar-refractivity contribution is -0.117. The van der Waals surface area contributed by atoms with Crippen molar-refractivity contribution in [3.8, 4) is 28.3 Å². The number of fused-ring (bicyclic) bond motifs is 2. The van der Waals surface area contributed by atoms with E-state index in [1.54, 1.807) is 33.3 Å². The average Bonchev–Trinajstić information content (AvgIpc) is 3.90. The van der Waals surface area contributed by atoms with Gasteiger partial charge in [0, 0.05) is 35.8 Å². The zero-order valence-electron chi connectivity index (χ0n) is 31.4. The van der Waals surface area contributed by atoms with Crippen LogP contribution in [0.3, 0.4) is 0 Å². The number of carbonyl (C=O) groups is 2. The molecule has 3 aromatic carbocycles. The molecule has 2 fully saturated rings. The van der Waals surface area contributed by atoms with Crippen LogP contribution in [0.5, 0.6) is 5.75 Å². The number of hydrogen-bond acceptors (Lipinski definition) is 10. The topological polar surface area (TPSA) is 191 Å². The summed E-state index contributed by atoms with van der Waals surface area (Å²) in [6.07, 6.45) is 4.03. The molecule has 0 bridgehead atoms. The quantitative estimate of drug-likeness (QED) is 0.129. The smallest absolute Gasteiger partial charge is 0.249 e. The van der Waals surface area contributed by atoms with Gasteiger partial charge in [0.15, 0.2) is 11.3 Å². The summed E-state index contributed by atoms with van der Waals surface area (Å²) in [6.45, 7) is 3.75. The van der Waals surface area contributed by atoms with E-state index in [1.807, 2.05) is 60.7 Å². The van der Waals surface area contributed by atoms with Crippen molar-refractivity contribution in [2.24, 2.45) is 17.6 Å². The van der Waals surface area contributed by atoms with E-state index in [2.05, 4.69) is 54.6 Å². The summed E-state index contributed by atoms with van der Waals surface area (Å²) in [7, 11) is 0. The van der Waals surface area contributed by atoms with Crippen LogP contribution in [0.4, 0.5) is 11.9 Å². The Balaban J connectivity index is 0.000000165. The lowest BCUT2D eigenvalue weighted by atomic mass is 9.97. The number of hydrogen-bond donors (Lipinski definition) is 4. The van der Waals surface area contributed by atoms with Gasteiger partial charge in [0.05, 0.1) is 11.4 Å². The van der Waals surface area contributed by atoms with E-state index in [0.29, 0.717) is 42.0 Å². The number of piperidine rings is 1. The van der Waals surface area contributed by atoms with Crippen LogP contribution < -0.4 is 21.5 Å². The number of ether oxygens (including phenoxy) is 1. The molecule has 14 heteroatoms. The van der Waals surface area contributed by atoms with E-state index in [1.165, 1.54) is 5.56 Å². The van der Waals surface area contributed by atoms with Crippen LogP contribution in [0.1, 0.15) is 47.2 Å². The number of likely N-dealkylation sites (tertiary alicyclic amines) is 1. The van der Waals surface area contributed by atoms with E-state index in [4.69, 9.17) is 16.2 Å². The molecule has 5 heterocycles. The average molecular weight is 765 g/mol. The number of aliphatic hydroxyl groups excluding tert-OH is 1. The third kappa shape index (κ3) is 8.93. The first-order valence-corrected chi connectivity index (χ1v) is 19.1. The van der Waals surface area contributed by atoms with E-state index in [0.717, 1.165) is 79.0 Å². The van der Waals surface area contributed by atoms with Gasteiger partial charge in [-0.1, -0.05) is 66.7 Å². The molecular weight excluding hydrogens is 721 g/mol. The van der Waals surface area contributed by atoms with E-state index >= 15 is 0 Å². The lowest BCUT2D eigenvalue weighted by Gasteiger charge is -2.31. The number of amides is 2. The Morgan fingerprint density at radius 1 is 0.754 bits per heavy atom. The second-order valence-electron chi connectivity index (χ2n) is 14.5. The van der Waals surface area contributed by atoms with Crippen LogP contribution in [0.25, 0.3) is 33.8 Å². The standard InChI is InChI=1S/C24H21N5O3.C19H23N5O/c25-22(30)18-3-1-4-19(13-18)32-14-15-7-9-16(10-8-15)20-5-2-6-21-26-24(28-29(20)21)27-23(31)17-11-12-17;20-19-21-18-3-1-2-17(24(18)22-19)16-6-4-14(5-7-16)12-23-10-8-15(13-25)9-11-23/h1-10,13,17H,11-12,14H2,(H2,25,30)(H,27,28,31);1-7,15,25H,8-13H2,(H2,20,22). The lowest BCUT2D eigenvalue weighted by Crippen LogP contribution is -2.34. The predicted octanol–water partition coefficient (Wildman–Crippen LogP) is 5.61. The number of primary amides is 1. The molecule has 1 saturated carbocycles. The number of pyridine rings is 2. The van der Waals surface area contributed by atoms with Crippen molar-refractivity contribution < 1.29 is 19.4 Å². The van der Waals surface area contributed by atoms with Gasteiger partial charge in [0.2, 0.25) is 23.7 Å². The Labute approximate surface area is 329 Å². The molecule has 2 aliphatic rings. The number of carbonyl (C=O) groups excluding carboxylic acids is 2. The molecule has 1 aliphatic carbocycles. The van der Waals surface area contributed by atoms with Crippen LogP contribution in [0, 0.1) is 11.8 Å².